The Balaban J connectivity index is 1.85. The van der Waals surface area contributed by atoms with Gasteiger partial charge in [0.25, 0.3) is 11.8 Å². The Morgan fingerprint density at radius 3 is 2.47 bits per heavy atom. The highest BCUT2D eigenvalue weighted by Gasteiger charge is 2.31. The second-order valence-corrected chi connectivity index (χ2v) is 8.53. The fourth-order valence-electron chi connectivity index (χ4n) is 3.64. The largest absolute Gasteiger partial charge is 0.416 e. The van der Waals surface area contributed by atoms with E-state index in [4.69, 9.17) is 5.73 Å². The molecule has 0 aliphatic rings. The first-order valence-electron chi connectivity index (χ1n) is 11.3. The number of rotatable bonds is 7. The molecule has 36 heavy (non-hydrogen) atoms. The van der Waals surface area contributed by atoms with Crippen molar-refractivity contribution in [3.63, 3.8) is 0 Å². The molecule has 3 aromatic rings. The number of nitrogens with two attached hydrogens (primary N) is 1. The summed E-state index contributed by atoms with van der Waals surface area (Å²) in [5, 5.41) is 15.7. The summed E-state index contributed by atoms with van der Waals surface area (Å²) in [6.07, 6.45) is -4.27. The van der Waals surface area contributed by atoms with Crippen molar-refractivity contribution in [2.45, 2.75) is 45.5 Å². The van der Waals surface area contributed by atoms with Crippen LogP contribution in [0.2, 0.25) is 0 Å². The highest BCUT2D eigenvalue weighted by Crippen LogP contribution is 2.32. The predicted octanol–water partition coefficient (Wildman–Crippen LogP) is 4.72. The van der Waals surface area contributed by atoms with Gasteiger partial charge < -0.3 is 21.5 Å². The fourth-order valence-corrected chi connectivity index (χ4v) is 3.64. The Labute approximate surface area is 206 Å². The number of nitrogens with zero attached hydrogens (tertiary/aromatic N) is 1. The van der Waals surface area contributed by atoms with Crippen molar-refractivity contribution in [2.24, 2.45) is 0 Å². The molecule has 5 N–H and O–H groups in total. The number of amides is 2. The van der Waals surface area contributed by atoms with Gasteiger partial charge in [0.05, 0.1) is 11.1 Å². The number of benzene rings is 2. The molecule has 1 atom stereocenters. The third kappa shape index (κ3) is 6.19. The second kappa shape index (κ2) is 10.8. The van der Waals surface area contributed by atoms with Crippen molar-refractivity contribution in [2.75, 3.05) is 11.1 Å². The third-order valence-corrected chi connectivity index (χ3v) is 5.43. The maximum Gasteiger partial charge on any atom is 0.416 e. The molecule has 0 saturated heterocycles. The van der Waals surface area contributed by atoms with Gasteiger partial charge in [-0.3, -0.25) is 9.59 Å². The number of nitrogens with one attached hydrogen (secondary N) is 2. The second-order valence-electron chi connectivity index (χ2n) is 8.53. The zero-order valence-corrected chi connectivity index (χ0v) is 20.0. The number of anilines is 2. The van der Waals surface area contributed by atoms with Crippen molar-refractivity contribution in [1.82, 2.24) is 10.3 Å². The van der Waals surface area contributed by atoms with Crippen molar-refractivity contribution < 1.29 is 27.9 Å². The summed E-state index contributed by atoms with van der Waals surface area (Å²) < 4.78 is 38.9. The normalized spacial score (nSPS) is 12.3. The van der Waals surface area contributed by atoms with Gasteiger partial charge in [-0.2, -0.15) is 13.2 Å². The van der Waals surface area contributed by atoms with Crippen molar-refractivity contribution in [3.8, 4) is 11.1 Å². The molecule has 0 aliphatic heterocycles. The van der Waals surface area contributed by atoms with Crippen LogP contribution in [0, 0.1) is 0 Å². The molecular formula is C26H27F3N4O3. The number of aromatic nitrogens is 1. The number of hydrogen-bond acceptors (Lipinski definition) is 5. The zero-order chi connectivity index (χ0) is 26.6. The van der Waals surface area contributed by atoms with Gasteiger partial charge in [0, 0.05) is 23.5 Å². The summed E-state index contributed by atoms with van der Waals surface area (Å²) in [6, 6.07) is 10.6. The van der Waals surface area contributed by atoms with E-state index in [1.807, 2.05) is 20.8 Å². The number of alkyl halides is 3. The van der Waals surface area contributed by atoms with Crippen LogP contribution in [0.25, 0.3) is 11.1 Å². The lowest BCUT2D eigenvalue weighted by Gasteiger charge is -2.16. The van der Waals surface area contributed by atoms with Crippen LogP contribution in [0.4, 0.5) is 24.7 Å². The number of nitrogen functional groups attached to an aromatic ring is 1. The van der Waals surface area contributed by atoms with Gasteiger partial charge >= 0.3 is 6.18 Å². The lowest BCUT2D eigenvalue weighted by molar-refractivity contribution is -0.138. The number of halogens is 3. The maximum absolute atomic E-state index is 13.0. The topological polar surface area (TPSA) is 117 Å². The monoisotopic (exact) mass is 500 g/mol. The highest BCUT2D eigenvalue weighted by molar-refractivity contribution is 6.00. The molecule has 0 unspecified atom stereocenters. The molecule has 3 rings (SSSR count). The van der Waals surface area contributed by atoms with Gasteiger partial charge in [0.15, 0.2) is 6.10 Å². The fraction of sp³-hybridized carbons (Fsp3) is 0.269. The number of carbonyl (C=O) groups is 2. The predicted molar refractivity (Wildman–Crippen MR) is 131 cm³/mol. The SMILES string of the molecule is CCc1cc(NC(=O)[C@@H](O)c2cccc(C(F)(F)F)c2)ccc1-c1cnc(N)c(C(=O)NC(C)C)c1. The summed E-state index contributed by atoms with van der Waals surface area (Å²) in [5.74, 6) is -1.12. The van der Waals surface area contributed by atoms with Crippen LogP contribution in [0.15, 0.2) is 54.7 Å². The van der Waals surface area contributed by atoms with Gasteiger partial charge in [-0.15, -0.1) is 0 Å². The Morgan fingerprint density at radius 1 is 1.11 bits per heavy atom. The van der Waals surface area contributed by atoms with E-state index in [9.17, 15) is 27.9 Å². The summed E-state index contributed by atoms with van der Waals surface area (Å²) in [5.41, 5.74) is 7.59. The molecule has 0 aliphatic carbocycles. The van der Waals surface area contributed by atoms with Crippen molar-refractivity contribution >= 4 is 23.3 Å². The van der Waals surface area contributed by atoms with E-state index in [0.717, 1.165) is 29.3 Å². The molecule has 7 nitrogen and oxygen atoms in total. The van der Waals surface area contributed by atoms with Crippen LogP contribution in [0.5, 0.6) is 0 Å². The van der Waals surface area contributed by atoms with E-state index < -0.39 is 23.8 Å². The van der Waals surface area contributed by atoms with Crippen LogP contribution in [0.1, 0.15) is 53.9 Å². The summed E-state index contributed by atoms with van der Waals surface area (Å²) >= 11 is 0. The van der Waals surface area contributed by atoms with Crippen LogP contribution < -0.4 is 16.4 Å². The quantitative estimate of drug-likeness (QED) is 0.374. The molecule has 0 bridgehead atoms. The lowest BCUT2D eigenvalue weighted by Crippen LogP contribution is -2.30. The highest BCUT2D eigenvalue weighted by atomic mass is 19.4. The molecule has 0 spiro atoms. The molecule has 0 radical (unpaired) electrons. The molecular weight excluding hydrogens is 473 g/mol. The van der Waals surface area contributed by atoms with Gasteiger partial charge in [-0.1, -0.05) is 25.1 Å². The minimum atomic E-state index is -4.59. The van der Waals surface area contributed by atoms with E-state index in [0.29, 0.717) is 17.7 Å². The van der Waals surface area contributed by atoms with Gasteiger partial charge in [-0.25, -0.2) is 4.98 Å². The first-order chi connectivity index (χ1) is 16.9. The van der Waals surface area contributed by atoms with Crippen LogP contribution in [0.3, 0.4) is 0 Å². The van der Waals surface area contributed by atoms with Crippen molar-refractivity contribution in [3.05, 3.63) is 77.0 Å². The molecule has 2 amide bonds. The molecule has 0 fully saturated rings. The van der Waals surface area contributed by atoms with Gasteiger partial charge in [-0.05, 0) is 67.3 Å². The maximum atomic E-state index is 13.0. The third-order valence-electron chi connectivity index (χ3n) is 5.43. The number of aryl methyl sites for hydroxylation is 1. The Hall–Kier alpha value is -3.92. The van der Waals surface area contributed by atoms with E-state index in [1.165, 1.54) is 6.07 Å². The molecule has 10 heteroatoms. The molecule has 2 aromatic carbocycles. The minimum absolute atomic E-state index is 0.0825. The van der Waals surface area contributed by atoms with E-state index in [2.05, 4.69) is 15.6 Å². The molecule has 190 valence electrons. The standard InChI is InChI=1S/C26H27F3N4O3/c1-4-15-11-19(33-25(36)22(34)16-6-5-7-18(10-16)26(27,28)29)8-9-20(15)17-12-21(23(30)31-13-17)24(35)32-14(2)3/h5-14,22,34H,4H2,1-3H3,(H2,30,31)(H,32,35)(H,33,36)/t22-/m0/s1. The lowest BCUT2D eigenvalue weighted by atomic mass is 9.97. The minimum Gasteiger partial charge on any atom is -0.383 e. The van der Waals surface area contributed by atoms with Gasteiger partial charge in [0.1, 0.15) is 5.82 Å². The summed E-state index contributed by atoms with van der Waals surface area (Å²) in [6.45, 7) is 5.56. The van der Waals surface area contributed by atoms with E-state index in [-0.39, 0.29) is 28.9 Å². The van der Waals surface area contributed by atoms with Gasteiger partial charge in [0.2, 0.25) is 0 Å². The summed E-state index contributed by atoms with van der Waals surface area (Å²) in [4.78, 5) is 29.2. The zero-order valence-electron chi connectivity index (χ0n) is 20.0. The first kappa shape index (κ1) is 26.7. The molecule has 1 aromatic heterocycles. The number of aliphatic hydroxyl groups excluding tert-OH is 1. The molecule has 1 heterocycles. The Bertz CT molecular complexity index is 1280. The van der Waals surface area contributed by atoms with Crippen LogP contribution >= 0.6 is 0 Å². The number of hydrogen-bond donors (Lipinski definition) is 4. The van der Waals surface area contributed by atoms with Crippen LogP contribution in [-0.4, -0.2) is 27.9 Å². The average Bonchev–Trinajstić information content (AvgIpc) is 2.83. The summed E-state index contributed by atoms with van der Waals surface area (Å²) in [7, 11) is 0. The van der Waals surface area contributed by atoms with Crippen molar-refractivity contribution in [1.29, 1.82) is 0 Å². The van der Waals surface area contributed by atoms with E-state index in [1.54, 1.807) is 30.5 Å². The number of aliphatic hydroxyl groups is 1. The Kier molecular flexibility index (Phi) is 7.99. The van der Waals surface area contributed by atoms with E-state index >= 15 is 0 Å². The number of pyridine rings is 1. The Morgan fingerprint density at radius 2 is 1.83 bits per heavy atom. The van der Waals surface area contributed by atoms with Crippen LogP contribution in [-0.2, 0) is 17.4 Å². The smallest absolute Gasteiger partial charge is 0.383 e. The number of carbonyl (C=O) groups excluding carboxylic acids is 2. The first-order valence-corrected chi connectivity index (χ1v) is 11.3. The average molecular weight is 501 g/mol. The molecule has 0 saturated carbocycles.